The Hall–Kier alpha value is -1.88. The number of hydrogen-bond acceptors (Lipinski definition) is 3. The predicted octanol–water partition coefficient (Wildman–Crippen LogP) is 4.25. The fraction of sp³-hybridized carbons (Fsp3) is 0.652. The Kier molecular flexibility index (Phi) is 6.00. The van der Waals surface area contributed by atoms with E-state index in [1.54, 1.807) is 0 Å². The Balaban J connectivity index is 1.29. The lowest BCUT2D eigenvalue weighted by Gasteiger charge is -2.34. The first kappa shape index (κ1) is 19.4. The zero-order valence-electron chi connectivity index (χ0n) is 17.4. The Labute approximate surface area is 168 Å². The number of piperidine rings is 1. The molecule has 2 atom stereocenters. The maximum absolute atomic E-state index is 12.5. The largest absolute Gasteiger partial charge is 0.352 e. The molecule has 5 heteroatoms. The number of nitrogens with one attached hydrogen (secondary N) is 1. The molecular weight excluding hydrogens is 348 g/mol. The van der Waals surface area contributed by atoms with Crippen LogP contribution >= 0.6 is 0 Å². The lowest BCUT2D eigenvalue weighted by Crippen LogP contribution is -2.40. The number of carbonyl (C=O) groups is 1. The van der Waals surface area contributed by atoms with Crippen LogP contribution in [0.1, 0.15) is 68.8 Å². The van der Waals surface area contributed by atoms with Crippen LogP contribution in [0.15, 0.2) is 24.5 Å². The van der Waals surface area contributed by atoms with Crippen LogP contribution < -0.4 is 5.32 Å². The molecule has 152 valence electrons. The van der Waals surface area contributed by atoms with Gasteiger partial charge in [0.2, 0.25) is 0 Å². The summed E-state index contributed by atoms with van der Waals surface area (Å²) in [4.78, 5) is 19.6. The van der Waals surface area contributed by atoms with Crippen LogP contribution in [0.3, 0.4) is 0 Å². The maximum Gasteiger partial charge on any atom is 0.251 e. The summed E-state index contributed by atoms with van der Waals surface area (Å²) >= 11 is 0. The summed E-state index contributed by atoms with van der Waals surface area (Å²) < 4.78 is 2.30. The van der Waals surface area contributed by atoms with Crippen molar-refractivity contribution in [3.05, 3.63) is 30.1 Å². The van der Waals surface area contributed by atoms with Crippen LogP contribution in [0.2, 0.25) is 0 Å². The van der Waals surface area contributed by atoms with Gasteiger partial charge in [-0.1, -0.05) is 26.7 Å². The minimum atomic E-state index is 0.0118. The van der Waals surface area contributed by atoms with Crippen LogP contribution in [-0.2, 0) is 0 Å². The molecule has 0 radical (unpaired) electrons. The van der Waals surface area contributed by atoms with E-state index in [1.165, 1.54) is 45.2 Å². The first-order valence-electron chi connectivity index (χ1n) is 11.1. The van der Waals surface area contributed by atoms with E-state index in [4.69, 9.17) is 0 Å². The highest BCUT2D eigenvalue weighted by Crippen LogP contribution is 2.32. The molecule has 1 aliphatic heterocycles. The van der Waals surface area contributed by atoms with E-state index in [0.29, 0.717) is 11.6 Å². The van der Waals surface area contributed by atoms with Crippen molar-refractivity contribution in [3.8, 4) is 0 Å². The Morgan fingerprint density at radius 1 is 1.18 bits per heavy atom. The Bertz CT molecular complexity index is 798. The number of nitrogens with zero attached hydrogens (tertiary/aromatic N) is 3. The van der Waals surface area contributed by atoms with E-state index in [2.05, 4.69) is 39.7 Å². The highest BCUT2D eigenvalue weighted by Gasteiger charge is 2.21. The minimum absolute atomic E-state index is 0.0118. The van der Waals surface area contributed by atoms with E-state index >= 15 is 0 Å². The van der Waals surface area contributed by atoms with Gasteiger partial charge < -0.3 is 14.8 Å². The SMILES string of the molecule is C[C@H]1C[C@H](C)CN(CCCNC(=O)c2ccc3c(c2)ncn3C2CCCC2)C1. The van der Waals surface area contributed by atoms with Gasteiger partial charge in [-0.25, -0.2) is 4.98 Å². The normalized spacial score (nSPS) is 24.1. The summed E-state index contributed by atoms with van der Waals surface area (Å²) in [7, 11) is 0. The van der Waals surface area contributed by atoms with Crippen LogP contribution in [0, 0.1) is 11.8 Å². The summed E-state index contributed by atoms with van der Waals surface area (Å²) in [5.41, 5.74) is 2.79. The Morgan fingerprint density at radius 2 is 1.93 bits per heavy atom. The van der Waals surface area contributed by atoms with Crippen molar-refractivity contribution in [2.75, 3.05) is 26.2 Å². The second-order valence-corrected chi connectivity index (χ2v) is 9.11. The van der Waals surface area contributed by atoms with Crippen molar-refractivity contribution >= 4 is 16.9 Å². The maximum atomic E-state index is 12.5. The van der Waals surface area contributed by atoms with Crippen LogP contribution in [-0.4, -0.2) is 46.5 Å². The van der Waals surface area contributed by atoms with Gasteiger partial charge in [-0.05, 0) is 62.3 Å². The van der Waals surface area contributed by atoms with Gasteiger partial charge in [0.1, 0.15) is 0 Å². The zero-order chi connectivity index (χ0) is 19.5. The first-order valence-corrected chi connectivity index (χ1v) is 11.1. The molecule has 1 amide bonds. The van der Waals surface area contributed by atoms with E-state index in [0.717, 1.165) is 42.4 Å². The molecule has 2 aliphatic rings. The lowest BCUT2D eigenvalue weighted by molar-refractivity contribution is 0.0947. The molecule has 1 saturated carbocycles. The van der Waals surface area contributed by atoms with Crippen LogP contribution in [0.25, 0.3) is 11.0 Å². The van der Waals surface area contributed by atoms with E-state index in [-0.39, 0.29) is 5.91 Å². The van der Waals surface area contributed by atoms with Crippen LogP contribution in [0.5, 0.6) is 0 Å². The molecule has 4 rings (SSSR count). The number of carbonyl (C=O) groups excluding carboxylic acids is 1. The predicted molar refractivity (Wildman–Crippen MR) is 114 cm³/mol. The molecule has 1 aromatic heterocycles. The Morgan fingerprint density at radius 3 is 2.68 bits per heavy atom. The van der Waals surface area contributed by atoms with Gasteiger partial charge >= 0.3 is 0 Å². The summed E-state index contributed by atoms with van der Waals surface area (Å²) in [5, 5.41) is 3.09. The highest BCUT2D eigenvalue weighted by molar-refractivity contribution is 5.97. The summed E-state index contributed by atoms with van der Waals surface area (Å²) in [6.07, 6.45) is 9.38. The number of aromatic nitrogens is 2. The molecule has 28 heavy (non-hydrogen) atoms. The average Bonchev–Trinajstić information content (AvgIpc) is 3.33. The van der Waals surface area contributed by atoms with Gasteiger partial charge in [-0.3, -0.25) is 4.79 Å². The molecule has 1 saturated heterocycles. The molecule has 1 N–H and O–H groups in total. The molecule has 1 aliphatic carbocycles. The third-order valence-electron chi connectivity index (χ3n) is 6.44. The van der Waals surface area contributed by atoms with Crippen LogP contribution in [0.4, 0.5) is 0 Å². The number of imidazole rings is 1. The lowest BCUT2D eigenvalue weighted by atomic mass is 9.92. The van der Waals surface area contributed by atoms with Crippen molar-refractivity contribution in [1.29, 1.82) is 0 Å². The fourth-order valence-corrected chi connectivity index (χ4v) is 5.23. The standard InChI is InChI=1S/C23H34N4O/c1-17-12-18(2)15-26(14-17)11-5-10-24-23(28)19-8-9-22-21(13-19)25-16-27(22)20-6-3-4-7-20/h8-9,13,16-18,20H,3-7,10-12,14-15H2,1-2H3,(H,24,28)/t17-,18-/m0/s1. The fourth-order valence-electron chi connectivity index (χ4n) is 5.23. The van der Waals surface area contributed by atoms with Gasteiger partial charge in [0.15, 0.2) is 0 Å². The third kappa shape index (κ3) is 4.40. The van der Waals surface area contributed by atoms with Crippen molar-refractivity contribution in [3.63, 3.8) is 0 Å². The number of benzene rings is 1. The van der Waals surface area contributed by atoms with Crippen molar-refractivity contribution in [1.82, 2.24) is 19.8 Å². The molecule has 0 unspecified atom stereocenters. The molecule has 1 aromatic carbocycles. The highest BCUT2D eigenvalue weighted by atomic mass is 16.1. The first-order chi connectivity index (χ1) is 13.6. The summed E-state index contributed by atoms with van der Waals surface area (Å²) in [6.45, 7) is 8.87. The van der Waals surface area contributed by atoms with Gasteiger partial charge in [0, 0.05) is 31.2 Å². The number of fused-ring (bicyclic) bond motifs is 1. The topological polar surface area (TPSA) is 50.2 Å². The summed E-state index contributed by atoms with van der Waals surface area (Å²) in [6, 6.07) is 6.51. The van der Waals surface area contributed by atoms with E-state index in [9.17, 15) is 4.79 Å². The van der Waals surface area contributed by atoms with Crippen molar-refractivity contribution in [2.24, 2.45) is 11.8 Å². The van der Waals surface area contributed by atoms with Gasteiger partial charge in [0.05, 0.1) is 17.4 Å². The average molecular weight is 383 g/mol. The van der Waals surface area contributed by atoms with Gasteiger partial charge in [-0.2, -0.15) is 0 Å². The smallest absolute Gasteiger partial charge is 0.251 e. The second kappa shape index (κ2) is 8.64. The van der Waals surface area contributed by atoms with Crippen molar-refractivity contribution < 1.29 is 4.79 Å². The van der Waals surface area contributed by atoms with Crippen molar-refractivity contribution in [2.45, 2.75) is 58.4 Å². The molecule has 0 bridgehead atoms. The van der Waals surface area contributed by atoms with E-state index < -0.39 is 0 Å². The number of likely N-dealkylation sites (tertiary alicyclic amines) is 1. The minimum Gasteiger partial charge on any atom is -0.352 e. The summed E-state index contributed by atoms with van der Waals surface area (Å²) in [5.74, 6) is 1.58. The van der Waals surface area contributed by atoms with E-state index in [1.807, 2.05) is 18.5 Å². The number of amides is 1. The molecule has 2 heterocycles. The molecular formula is C23H34N4O. The second-order valence-electron chi connectivity index (χ2n) is 9.11. The molecule has 2 fully saturated rings. The molecule has 2 aromatic rings. The van der Waals surface area contributed by atoms with Gasteiger partial charge in [-0.15, -0.1) is 0 Å². The number of rotatable bonds is 6. The molecule has 5 nitrogen and oxygen atoms in total. The molecule has 0 spiro atoms. The third-order valence-corrected chi connectivity index (χ3v) is 6.44. The zero-order valence-corrected chi connectivity index (χ0v) is 17.4. The quantitative estimate of drug-likeness (QED) is 0.760. The van der Waals surface area contributed by atoms with Gasteiger partial charge in [0.25, 0.3) is 5.91 Å². The monoisotopic (exact) mass is 382 g/mol. The number of hydrogen-bond donors (Lipinski definition) is 1.